The molecule has 1 unspecified atom stereocenters. The lowest BCUT2D eigenvalue weighted by Gasteiger charge is -2.18. The summed E-state index contributed by atoms with van der Waals surface area (Å²) in [5, 5.41) is 0. The molecule has 0 aliphatic carbocycles. The third-order valence-corrected chi connectivity index (χ3v) is 10.6. The van der Waals surface area contributed by atoms with Crippen LogP contribution in [0.2, 0.25) is 0 Å². The first kappa shape index (κ1) is 58.8. The Bertz CT molecular complexity index is 1200. The Balaban J connectivity index is 4.35. The van der Waals surface area contributed by atoms with Gasteiger partial charge in [-0.1, -0.05) is 227 Å². The maximum atomic E-state index is 12.7. The number of allylic oxidation sites excluding steroid dienone is 16. The van der Waals surface area contributed by atoms with Crippen molar-refractivity contribution >= 4 is 11.9 Å². The van der Waals surface area contributed by atoms with Crippen LogP contribution in [0.1, 0.15) is 226 Å². The minimum atomic E-state index is -0.583. The Hall–Kier alpha value is -3.18. The molecule has 5 heteroatoms. The van der Waals surface area contributed by atoms with Crippen LogP contribution in [0.4, 0.5) is 0 Å². The maximum absolute atomic E-state index is 12.7. The number of rotatable bonds is 46. The molecule has 0 amide bonds. The largest absolute Gasteiger partial charge is 0.462 e. The van der Waals surface area contributed by atoms with E-state index in [1.807, 2.05) is 6.08 Å². The average Bonchev–Trinajstić information content (AvgIpc) is 3.27. The van der Waals surface area contributed by atoms with Gasteiger partial charge in [0, 0.05) is 19.4 Å². The van der Waals surface area contributed by atoms with Crippen LogP contribution < -0.4 is 0 Å². The second-order valence-corrected chi connectivity index (χ2v) is 16.7. The fourth-order valence-corrected chi connectivity index (χ4v) is 6.87. The van der Waals surface area contributed by atoms with E-state index < -0.39 is 6.10 Å². The Morgan fingerprint density at radius 3 is 1.23 bits per heavy atom. The zero-order valence-corrected chi connectivity index (χ0v) is 40.6. The molecule has 62 heavy (non-hydrogen) atoms. The molecule has 0 radical (unpaired) electrons. The van der Waals surface area contributed by atoms with Crippen molar-refractivity contribution in [1.82, 2.24) is 0 Å². The normalized spacial score (nSPS) is 13.0. The molecule has 0 N–H and O–H groups in total. The predicted molar refractivity (Wildman–Crippen MR) is 270 cm³/mol. The summed E-state index contributed by atoms with van der Waals surface area (Å²) in [5.74, 6) is -0.507. The van der Waals surface area contributed by atoms with Gasteiger partial charge in [-0.2, -0.15) is 0 Å². The summed E-state index contributed by atoms with van der Waals surface area (Å²) in [6, 6.07) is 0. The first-order chi connectivity index (χ1) is 30.6. The van der Waals surface area contributed by atoms with Crippen molar-refractivity contribution < 1.29 is 23.8 Å². The van der Waals surface area contributed by atoms with Crippen LogP contribution in [0.25, 0.3) is 0 Å². The highest BCUT2D eigenvalue weighted by atomic mass is 16.6. The average molecular weight is 861 g/mol. The van der Waals surface area contributed by atoms with Gasteiger partial charge in [-0.25, -0.2) is 0 Å². The molecule has 0 heterocycles. The first-order valence-corrected chi connectivity index (χ1v) is 25.8. The number of unbranched alkanes of at least 4 members (excludes halogenated alkanes) is 19. The molecule has 0 bridgehead atoms. The quantitative estimate of drug-likeness (QED) is 0.0347. The van der Waals surface area contributed by atoms with Gasteiger partial charge in [0.05, 0.1) is 6.61 Å². The van der Waals surface area contributed by atoms with Gasteiger partial charge in [0.1, 0.15) is 6.61 Å². The standard InChI is InChI=1S/C57H96O5/c1-4-7-10-13-16-19-22-25-27-28-29-30-31-33-35-38-41-44-47-50-56(58)61-54-55(53-60-52-49-46-43-40-37-34-26-23-20-17-14-11-8-5-2)62-57(59)51-48-45-42-39-36-32-24-21-18-15-12-9-6-3/h7,9-10,12,16,18-19,21,25,27,29-30,32,36,42,45,55H,4-6,8,11,13-15,17,20,22-24,26,28,31,33-35,37-41,43-44,46-54H2,1-3H3/b10-7-,12-9-,19-16-,21-18-,27-25-,30-29-,36-32-,45-42-. The number of hydrogen-bond donors (Lipinski definition) is 0. The smallest absolute Gasteiger partial charge is 0.306 e. The van der Waals surface area contributed by atoms with Crippen molar-refractivity contribution in [3.05, 3.63) is 97.2 Å². The van der Waals surface area contributed by atoms with Crippen molar-refractivity contribution in [3.8, 4) is 0 Å². The zero-order valence-electron chi connectivity index (χ0n) is 40.6. The first-order valence-electron chi connectivity index (χ1n) is 25.8. The molecule has 5 nitrogen and oxygen atoms in total. The van der Waals surface area contributed by atoms with Crippen LogP contribution in [-0.4, -0.2) is 37.9 Å². The van der Waals surface area contributed by atoms with Gasteiger partial charge in [0.2, 0.25) is 0 Å². The van der Waals surface area contributed by atoms with Gasteiger partial charge >= 0.3 is 11.9 Å². The highest BCUT2D eigenvalue weighted by molar-refractivity contribution is 5.70. The molecule has 354 valence electrons. The fourth-order valence-electron chi connectivity index (χ4n) is 6.87. The molecule has 1 atom stereocenters. The van der Waals surface area contributed by atoms with Crippen molar-refractivity contribution in [1.29, 1.82) is 0 Å². The van der Waals surface area contributed by atoms with Crippen molar-refractivity contribution in [2.24, 2.45) is 0 Å². The molecule has 0 fully saturated rings. The lowest BCUT2D eigenvalue weighted by atomic mass is 10.0. The minimum Gasteiger partial charge on any atom is -0.462 e. The van der Waals surface area contributed by atoms with Crippen LogP contribution in [-0.2, 0) is 23.8 Å². The van der Waals surface area contributed by atoms with E-state index in [1.165, 1.54) is 96.3 Å². The Kier molecular flexibility index (Phi) is 49.5. The SMILES string of the molecule is CC/C=C\C/C=C\C/C=C\C/C=C\CCCCCCCCC(=O)OCC(COCCCCCCCCCCCCCCCC)OC(=O)CC/C=C\C/C=C\C/C=C\C/C=C\CC. The summed E-state index contributed by atoms with van der Waals surface area (Å²) in [6.45, 7) is 7.51. The molecule has 0 saturated heterocycles. The molecule has 0 aromatic carbocycles. The molecule has 0 rings (SSSR count). The summed E-state index contributed by atoms with van der Waals surface area (Å²) in [6.07, 6.45) is 70.0. The van der Waals surface area contributed by atoms with Gasteiger partial charge in [-0.3, -0.25) is 9.59 Å². The van der Waals surface area contributed by atoms with Crippen LogP contribution >= 0.6 is 0 Å². The highest BCUT2D eigenvalue weighted by Crippen LogP contribution is 2.14. The molecule has 0 aromatic heterocycles. The molecule has 0 aliphatic heterocycles. The van der Waals surface area contributed by atoms with E-state index in [4.69, 9.17) is 14.2 Å². The molecule has 0 aromatic rings. The molecule has 0 spiro atoms. The van der Waals surface area contributed by atoms with Crippen LogP contribution in [0.15, 0.2) is 97.2 Å². The second-order valence-electron chi connectivity index (χ2n) is 16.7. The van der Waals surface area contributed by atoms with E-state index in [-0.39, 0.29) is 25.2 Å². The molecule has 0 saturated carbocycles. The third-order valence-electron chi connectivity index (χ3n) is 10.6. The Morgan fingerprint density at radius 1 is 0.371 bits per heavy atom. The van der Waals surface area contributed by atoms with Crippen molar-refractivity contribution in [3.63, 3.8) is 0 Å². The number of carbonyl (C=O) groups excluding carboxylic acids is 2. The van der Waals surface area contributed by atoms with E-state index in [9.17, 15) is 9.59 Å². The third kappa shape index (κ3) is 49.5. The minimum absolute atomic E-state index is 0.0462. The summed E-state index contributed by atoms with van der Waals surface area (Å²) in [7, 11) is 0. The van der Waals surface area contributed by atoms with Crippen LogP contribution in [0.5, 0.6) is 0 Å². The number of esters is 2. The van der Waals surface area contributed by atoms with E-state index in [1.54, 1.807) is 0 Å². The van der Waals surface area contributed by atoms with Gasteiger partial charge in [-0.05, 0) is 83.5 Å². The van der Waals surface area contributed by atoms with E-state index in [0.29, 0.717) is 25.9 Å². The molecule has 0 aliphatic rings. The topological polar surface area (TPSA) is 61.8 Å². The van der Waals surface area contributed by atoms with E-state index >= 15 is 0 Å². The van der Waals surface area contributed by atoms with Crippen LogP contribution in [0.3, 0.4) is 0 Å². The van der Waals surface area contributed by atoms with Crippen molar-refractivity contribution in [2.75, 3.05) is 19.8 Å². The van der Waals surface area contributed by atoms with Gasteiger partial charge in [0.15, 0.2) is 6.10 Å². The Morgan fingerprint density at radius 2 is 0.758 bits per heavy atom. The lowest BCUT2D eigenvalue weighted by Crippen LogP contribution is -2.30. The zero-order chi connectivity index (χ0) is 44.9. The molecular weight excluding hydrogens is 765 g/mol. The second kappa shape index (κ2) is 52.2. The predicted octanol–water partition coefficient (Wildman–Crippen LogP) is 17.5. The summed E-state index contributed by atoms with van der Waals surface area (Å²) < 4.78 is 17.3. The van der Waals surface area contributed by atoms with Gasteiger partial charge in [-0.15, -0.1) is 0 Å². The number of ether oxygens (including phenoxy) is 3. The van der Waals surface area contributed by atoms with Gasteiger partial charge < -0.3 is 14.2 Å². The van der Waals surface area contributed by atoms with Gasteiger partial charge in [0.25, 0.3) is 0 Å². The van der Waals surface area contributed by atoms with Crippen molar-refractivity contribution in [2.45, 2.75) is 232 Å². The summed E-state index contributed by atoms with van der Waals surface area (Å²) >= 11 is 0. The fraction of sp³-hybridized carbons (Fsp3) is 0.684. The Labute approximate surface area is 383 Å². The highest BCUT2D eigenvalue weighted by Gasteiger charge is 2.17. The monoisotopic (exact) mass is 861 g/mol. The lowest BCUT2D eigenvalue weighted by molar-refractivity contribution is -0.162. The summed E-state index contributed by atoms with van der Waals surface area (Å²) in [4.78, 5) is 25.3. The summed E-state index contributed by atoms with van der Waals surface area (Å²) in [5.41, 5.74) is 0. The van der Waals surface area contributed by atoms with E-state index in [0.717, 1.165) is 89.9 Å². The van der Waals surface area contributed by atoms with E-state index in [2.05, 4.69) is 112 Å². The van der Waals surface area contributed by atoms with Crippen LogP contribution in [0, 0.1) is 0 Å². The number of hydrogen-bond acceptors (Lipinski definition) is 5. The number of carbonyl (C=O) groups is 2. The molecular formula is C57H96O5. The maximum Gasteiger partial charge on any atom is 0.306 e.